The van der Waals surface area contributed by atoms with Gasteiger partial charge in [-0.25, -0.2) is 0 Å². The van der Waals surface area contributed by atoms with Crippen LogP contribution in [-0.4, -0.2) is 37.1 Å². The highest BCUT2D eigenvalue weighted by atomic mass is 15.2. The molecule has 0 aromatic carbocycles. The molecule has 2 saturated carbocycles. The molecule has 2 rings (SSSR count). The number of hydrogen-bond donors (Lipinski definition) is 1. The van der Waals surface area contributed by atoms with Crippen LogP contribution in [0.1, 0.15) is 45.4 Å². The van der Waals surface area contributed by atoms with E-state index >= 15 is 0 Å². The number of nitrogens with zero attached hydrogens (tertiary/aromatic N) is 1. The molecule has 0 heterocycles. The first-order valence-corrected chi connectivity index (χ1v) is 6.71. The van der Waals surface area contributed by atoms with Crippen molar-refractivity contribution in [2.75, 3.05) is 20.1 Å². The van der Waals surface area contributed by atoms with Gasteiger partial charge in [-0.1, -0.05) is 19.8 Å². The van der Waals surface area contributed by atoms with E-state index in [-0.39, 0.29) is 0 Å². The van der Waals surface area contributed by atoms with Crippen molar-refractivity contribution in [1.82, 2.24) is 10.2 Å². The molecule has 0 radical (unpaired) electrons. The lowest BCUT2D eigenvalue weighted by molar-refractivity contribution is 0.258. The van der Waals surface area contributed by atoms with Gasteiger partial charge in [-0.2, -0.15) is 0 Å². The van der Waals surface area contributed by atoms with Crippen molar-refractivity contribution in [2.45, 2.75) is 57.5 Å². The molecule has 0 aliphatic heterocycles. The average Bonchev–Trinajstić information content (AvgIpc) is 3.04. The lowest BCUT2D eigenvalue weighted by Crippen LogP contribution is -2.41. The highest BCUT2D eigenvalue weighted by molar-refractivity contribution is 4.83. The number of likely N-dealkylation sites (N-methyl/N-ethyl adjacent to an activating group) is 1. The summed E-state index contributed by atoms with van der Waals surface area (Å²) in [5, 5.41) is 3.74. The number of nitrogens with one attached hydrogen (secondary N) is 1. The molecule has 2 atom stereocenters. The van der Waals surface area contributed by atoms with Gasteiger partial charge in [-0.15, -0.1) is 0 Å². The molecule has 1 N–H and O–H groups in total. The highest BCUT2D eigenvalue weighted by Gasteiger charge is 2.26. The first kappa shape index (κ1) is 11.4. The Morgan fingerprint density at radius 2 is 1.87 bits per heavy atom. The maximum Gasteiger partial charge on any atom is 0.0107 e. The van der Waals surface area contributed by atoms with Crippen LogP contribution >= 0.6 is 0 Å². The van der Waals surface area contributed by atoms with E-state index in [0.29, 0.717) is 0 Å². The average molecular weight is 210 g/mol. The molecule has 0 spiro atoms. The van der Waals surface area contributed by atoms with Gasteiger partial charge >= 0.3 is 0 Å². The van der Waals surface area contributed by atoms with Crippen molar-refractivity contribution in [3.63, 3.8) is 0 Å². The van der Waals surface area contributed by atoms with Crippen LogP contribution in [0.5, 0.6) is 0 Å². The topological polar surface area (TPSA) is 15.3 Å². The first-order valence-electron chi connectivity index (χ1n) is 6.71. The molecule has 0 bridgehead atoms. The van der Waals surface area contributed by atoms with Gasteiger partial charge in [-0.05, 0) is 38.6 Å². The van der Waals surface area contributed by atoms with E-state index in [1.54, 1.807) is 0 Å². The van der Waals surface area contributed by atoms with E-state index in [1.807, 2.05) is 0 Å². The van der Waals surface area contributed by atoms with Gasteiger partial charge in [0.05, 0.1) is 0 Å². The van der Waals surface area contributed by atoms with E-state index in [9.17, 15) is 0 Å². The van der Waals surface area contributed by atoms with Crippen LogP contribution in [-0.2, 0) is 0 Å². The van der Waals surface area contributed by atoms with Crippen molar-refractivity contribution < 1.29 is 0 Å². The zero-order valence-corrected chi connectivity index (χ0v) is 10.3. The van der Waals surface area contributed by atoms with Crippen LogP contribution in [0.3, 0.4) is 0 Å². The summed E-state index contributed by atoms with van der Waals surface area (Å²) in [6.07, 6.45) is 8.55. The van der Waals surface area contributed by atoms with E-state index in [0.717, 1.165) is 18.0 Å². The van der Waals surface area contributed by atoms with Crippen LogP contribution in [0.25, 0.3) is 0 Å². The first-order chi connectivity index (χ1) is 7.27. The van der Waals surface area contributed by atoms with Crippen molar-refractivity contribution in [3.05, 3.63) is 0 Å². The minimum atomic E-state index is 0.798. The second-order valence-corrected chi connectivity index (χ2v) is 5.53. The summed E-state index contributed by atoms with van der Waals surface area (Å²) in [6.45, 7) is 4.82. The molecular formula is C13H26N2. The molecule has 2 fully saturated rings. The molecule has 2 heteroatoms. The second-order valence-electron chi connectivity index (χ2n) is 5.53. The quantitative estimate of drug-likeness (QED) is 0.749. The summed E-state index contributed by atoms with van der Waals surface area (Å²) in [6, 6.07) is 1.71. The molecule has 88 valence electrons. The molecule has 0 aromatic heterocycles. The molecular weight excluding hydrogens is 184 g/mol. The summed E-state index contributed by atoms with van der Waals surface area (Å²) in [7, 11) is 2.27. The fourth-order valence-electron chi connectivity index (χ4n) is 2.74. The molecule has 0 aromatic rings. The third-order valence-electron chi connectivity index (χ3n) is 4.15. The van der Waals surface area contributed by atoms with E-state index in [1.165, 1.54) is 51.6 Å². The van der Waals surface area contributed by atoms with Crippen molar-refractivity contribution in [2.24, 2.45) is 5.92 Å². The highest BCUT2D eigenvalue weighted by Crippen LogP contribution is 2.25. The predicted octanol–water partition coefficient (Wildman–Crippen LogP) is 2.25. The van der Waals surface area contributed by atoms with Gasteiger partial charge in [0.15, 0.2) is 0 Å². The normalized spacial score (nSPS) is 32.2. The Morgan fingerprint density at radius 1 is 1.13 bits per heavy atom. The Labute approximate surface area is 94.4 Å². The standard InChI is InChI=1S/C13H26N2/c1-11-5-3-4-6-13(11)14-9-10-15(2)12-7-8-12/h11-14H,3-10H2,1-2H3. The summed E-state index contributed by atoms with van der Waals surface area (Å²) in [5.74, 6) is 0.894. The Hall–Kier alpha value is -0.0800. The summed E-state index contributed by atoms with van der Waals surface area (Å²) < 4.78 is 0. The molecule has 2 aliphatic rings. The summed E-state index contributed by atoms with van der Waals surface area (Å²) in [4.78, 5) is 2.51. The van der Waals surface area contributed by atoms with E-state index in [2.05, 4.69) is 24.2 Å². The lowest BCUT2D eigenvalue weighted by Gasteiger charge is -2.30. The van der Waals surface area contributed by atoms with Gasteiger partial charge in [-0.3, -0.25) is 0 Å². The van der Waals surface area contributed by atoms with Gasteiger partial charge in [0.2, 0.25) is 0 Å². The van der Waals surface area contributed by atoms with Crippen LogP contribution in [0.4, 0.5) is 0 Å². The molecule has 15 heavy (non-hydrogen) atoms. The van der Waals surface area contributed by atoms with Crippen LogP contribution in [0.2, 0.25) is 0 Å². The van der Waals surface area contributed by atoms with Gasteiger partial charge in [0.1, 0.15) is 0 Å². The monoisotopic (exact) mass is 210 g/mol. The Morgan fingerprint density at radius 3 is 2.53 bits per heavy atom. The summed E-state index contributed by atoms with van der Waals surface area (Å²) in [5.41, 5.74) is 0. The maximum atomic E-state index is 3.74. The molecule has 2 unspecified atom stereocenters. The Balaban J connectivity index is 1.59. The Bertz CT molecular complexity index is 189. The fourth-order valence-corrected chi connectivity index (χ4v) is 2.74. The minimum Gasteiger partial charge on any atom is -0.312 e. The molecule has 0 saturated heterocycles. The van der Waals surface area contributed by atoms with Gasteiger partial charge in [0, 0.05) is 25.2 Å². The molecule has 0 amide bonds. The lowest BCUT2D eigenvalue weighted by atomic mass is 9.86. The van der Waals surface area contributed by atoms with Crippen molar-refractivity contribution in [3.8, 4) is 0 Å². The fraction of sp³-hybridized carbons (Fsp3) is 1.00. The van der Waals surface area contributed by atoms with Gasteiger partial charge in [0.25, 0.3) is 0 Å². The van der Waals surface area contributed by atoms with E-state index in [4.69, 9.17) is 0 Å². The predicted molar refractivity (Wildman–Crippen MR) is 65.1 cm³/mol. The number of rotatable bonds is 5. The van der Waals surface area contributed by atoms with Gasteiger partial charge < -0.3 is 10.2 Å². The van der Waals surface area contributed by atoms with Crippen LogP contribution < -0.4 is 5.32 Å². The number of hydrogen-bond acceptors (Lipinski definition) is 2. The van der Waals surface area contributed by atoms with E-state index < -0.39 is 0 Å². The SMILES string of the molecule is CC1CCCCC1NCCN(C)C1CC1. The van der Waals surface area contributed by atoms with Crippen LogP contribution in [0, 0.1) is 5.92 Å². The zero-order chi connectivity index (χ0) is 10.7. The van der Waals surface area contributed by atoms with Crippen molar-refractivity contribution in [1.29, 1.82) is 0 Å². The zero-order valence-electron chi connectivity index (χ0n) is 10.3. The third kappa shape index (κ3) is 3.46. The third-order valence-corrected chi connectivity index (χ3v) is 4.15. The minimum absolute atomic E-state index is 0.798. The largest absolute Gasteiger partial charge is 0.312 e. The molecule has 2 aliphatic carbocycles. The smallest absolute Gasteiger partial charge is 0.0107 e. The van der Waals surface area contributed by atoms with Crippen molar-refractivity contribution >= 4 is 0 Å². The second kappa shape index (κ2) is 5.31. The Kier molecular flexibility index (Phi) is 4.04. The van der Waals surface area contributed by atoms with Crippen LogP contribution in [0.15, 0.2) is 0 Å². The summed E-state index contributed by atoms with van der Waals surface area (Å²) >= 11 is 0. The maximum absolute atomic E-state index is 3.74. The molecule has 2 nitrogen and oxygen atoms in total.